The van der Waals surface area contributed by atoms with Crippen LogP contribution in [0.5, 0.6) is 5.75 Å². The van der Waals surface area contributed by atoms with E-state index < -0.39 is 0 Å². The van der Waals surface area contributed by atoms with Crippen LogP contribution in [0.25, 0.3) is 10.9 Å². The van der Waals surface area contributed by atoms with Crippen LogP contribution in [-0.4, -0.2) is 11.0 Å². The van der Waals surface area contributed by atoms with Crippen LogP contribution < -0.4 is 10.5 Å². The van der Waals surface area contributed by atoms with Gasteiger partial charge in [-0.3, -0.25) is 4.98 Å². The van der Waals surface area contributed by atoms with Gasteiger partial charge >= 0.3 is 0 Å². The van der Waals surface area contributed by atoms with Gasteiger partial charge in [-0.05, 0) is 36.8 Å². The third kappa shape index (κ3) is 2.90. The van der Waals surface area contributed by atoms with Gasteiger partial charge in [-0.1, -0.05) is 13.0 Å². The van der Waals surface area contributed by atoms with E-state index in [-0.39, 0.29) is 12.1 Å². The molecular formula is C17H18N2O2. The number of ether oxygens (including phenoxy) is 1. The van der Waals surface area contributed by atoms with Crippen LogP contribution in [0, 0.1) is 0 Å². The van der Waals surface area contributed by atoms with Crippen LogP contribution in [0.1, 0.15) is 25.2 Å². The molecule has 3 aromatic rings. The van der Waals surface area contributed by atoms with E-state index in [1.807, 2.05) is 49.4 Å². The van der Waals surface area contributed by atoms with Gasteiger partial charge in [-0.2, -0.15) is 0 Å². The number of hydrogen-bond donors (Lipinski definition) is 1. The van der Waals surface area contributed by atoms with Crippen LogP contribution in [0.2, 0.25) is 0 Å². The highest BCUT2D eigenvalue weighted by molar-refractivity contribution is 5.79. The van der Waals surface area contributed by atoms with E-state index in [9.17, 15) is 0 Å². The van der Waals surface area contributed by atoms with Crippen molar-refractivity contribution in [2.75, 3.05) is 0 Å². The minimum atomic E-state index is -0.300. The smallest absolute Gasteiger partial charge is 0.171 e. The lowest BCUT2D eigenvalue weighted by atomic mass is 10.1. The summed E-state index contributed by atoms with van der Waals surface area (Å²) in [5.74, 6) is 1.48. The summed E-state index contributed by atoms with van der Waals surface area (Å²) in [6.07, 6.45) is 3.91. The first-order valence-electron chi connectivity index (χ1n) is 7.08. The van der Waals surface area contributed by atoms with Gasteiger partial charge in [0.05, 0.1) is 11.8 Å². The van der Waals surface area contributed by atoms with Gasteiger partial charge in [0.15, 0.2) is 6.10 Å². The molecule has 0 radical (unpaired) electrons. The van der Waals surface area contributed by atoms with Crippen LogP contribution >= 0.6 is 0 Å². The number of rotatable bonds is 5. The minimum absolute atomic E-state index is 0.129. The molecule has 0 fully saturated rings. The summed E-state index contributed by atoms with van der Waals surface area (Å²) in [6.45, 7) is 2.03. The van der Waals surface area contributed by atoms with Gasteiger partial charge in [0.2, 0.25) is 0 Å². The highest BCUT2D eigenvalue weighted by atomic mass is 16.5. The quantitative estimate of drug-likeness (QED) is 0.775. The maximum absolute atomic E-state index is 6.17. The van der Waals surface area contributed by atoms with Gasteiger partial charge in [0, 0.05) is 23.7 Å². The Kier molecular flexibility index (Phi) is 3.88. The second-order valence-electron chi connectivity index (χ2n) is 4.98. The van der Waals surface area contributed by atoms with Gasteiger partial charge in [0.25, 0.3) is 0 Å². The molecule has 0 saturated carbocycles. The first-order valence-corrected chi connectivity index (χ1v) is 7.08. The molecule has 2 atom stereocenters. The van der Waals surface area contributed by atoms with Crippen LogP contribution in [0.3, 0.4) is 0 Å². The van der Waals surface area contributed by atoms with Crippen molar-refractivity contribution in [3.8, 4) is 5.75 Å². The standard InChI is InChI=1S/C17H18N2O2/c1-2-14(18)17(16-6-4-10-20-16)21-13-8-7-12-5-3-9-19-15(12)11-13/h3-11,14,17H,2,18H2,1H3. The van der Waals surface area contributed by atoms with Crippen molar-refractivity contribution in [3.63, 3.8) is 0 Å². The molecule has 2 N–H and O–H groups in total. The van der Waals surface area contributed by atoms with Crippen molar-refractivity contribution in [1.82, 2.24) is 4.98 Å². The number of hydrogen-bond acceptors (Lipinski definition) is 4. The van der Waals surface area contributed by atoms with Crippen molar-refractivity contribution in [2.24, 2.45) is 5.73 Å². The molecule has 2 unspecified atom stereocenters. The molecule has 0 bridgehead atoms. The first kappa shape index (κ1) is 13.6. The number of aromatic nitrogens is 1. The van der Waals surface area contributed by atoms with E-state index >= 15 is 0 Å². The predicted octanol–water partition coefficient (Wildman–Crippen LogP) is 3.69. The van der Waals surface area contributed by atoms with Crippen LogP contribution in [0.15, 0.2) is 59.3 Å². The van der Waals surface area contributed by atoms with E-state index in [1.54, 1.807) is 12.5 Å². The number of furan rings is 1. The normalized spacial score (nSPS) is 14.0. The predicted molar refractivity (Wildman–Crippen MR) is 82.1 cm³/mol. The molecule has 0 aliphatic heterocycles. The summed E-state index contributed by atoms with van der Waals surface area (Å²) in [4.78, 5) is 4.34. The Morgan fingerprint density at radius 3 is 2.90 bits per heavy atom. The van der Waals surface area contributed by atoms with Gasteiger partial charge in [0.1, 0.15) is 11.5 Å². The molecule has 21 heavy (non-hydrogen) atoms. The van der Waals surface area contributed by atoms with Crippen molar-refractivity contribution in [3.05, 3.63) is 60.7 Å². The lowest BCUT2D eigenvalue weighted by Gasteiger charge is -2.22. The number of fused-ring (bicyclic) bond motifs is 1. The fraction of sp³-hybridized carbons (Fsp3) is 0.235. The summed E-state index contributed by atoms with van der Waals surface area (Å²) in [7, 11) is 0. The monoisotopic (exact) mass is 282 g/mol. The Hall–Kier alpha value is -2.33. The van der Waals surface area contributed by atoms with Crippen molar-refractivity contribution in [1.29, 1.82) is 0 Å². The molecule has 3 rings (SSSR count). The molecule has 2 heterocycles. The molecule has 0 amide bonds. The maximum Gasteiger partial charge on any atom is 0.171 e. The molecule has 1 aromatic carbocycles. The molecule has 4 nitrogen and oxygen atoms in total. The van der Waals surface area contributed by atoms with Crippen LogP contribution in [-0.2, 0) is 0 Å². The lowest BCUT2D eigenvalue weighted by molar-refractivity contribution is 0.145. The van der Waals surface area contributed by atoms with Gasteiger partial charge < -0.3 is 14.9 Å². The average molecular weight is 282 g/mol. The number of nitrogens with zero attached hydrogens (tertiary/aromatic N) is 1. The fourth-order valence-corrected chi connectivity index (χ4v) is 2.29. The molecular weight excluding hydrogens is 264 g/mol. The highest BCUT2D eigenvalue weighted by Crippen LogP contribution is 2.27. The van der Waals surface area contributed by atoms with E-state index in [0.29, 0.717) is 0 Å². The third-order valence-corrected chi connectivity index (χ3v) is 3.52. The lowest BCUT2D eigenvalue weighted by Crippen LogP contribution is -2.31. The fourth-order valence-electron chi connectivity index (χ4n) is 2.29. The van der Waals surface area contributed by atoms with Crippen molar-refractivity contribution < 1.29 is 9.15 Å². The molecule has 108 valence electrons. The molecule has 0 aliphatic rings. The average Bonchev–Trinajstić information content (AvgIpc) is 3.06. The van der Waals surface area contributed by atoms with Crippen molar-refractivity contribution in [2.45, 2.75) is 25.5 Å². The van der Waals surface area contributed by atoms with Gasteiger partial charge in [-0.25, -0.2) is 0 Å². The maximum atomic E-state index is 6.17. The minimum Gasteiger partial charge on any atom is -0.481 e. The van der Waals surface area contributed by atoms with E-state index in [4.69, 9.17) is 14.9 Å². The topological polar surface area (TPSA) is 61.3 Å². The van der Waals surface area contributed by atoms with E-state index in [2.05, 4.69) is 4.98 Å². The third-order valence-electron chi connectivity index (χ3n) is 3.52. The van der Waals surface area contributed by atoms with Crippen LogP contribution in [0.4, 0.5) is 0 Å². The SMILES string of the molecule is CCC(N)C(Oc1ccc2cccnc2c1)c1ccco1. The zero-order valence-corrected chi connectivity index (χ0v) is 11.9. The second kappa shape index (κ2) is 5.97. The number of pyridine rings is 1. The molecule has 0 aliphatic carbocycles. The Labute approximate surface area is 123 Å². The summed E-state index contributed by atoms with van der Waals surface area (Å²) < 4.78 is 11.5. The molecule has 4 heteroatoms. The Morgan fingerprint density at radius 2 is 2.14 bits per heavy atom. The number of nitrogens with two attached hydrogens (primary N) is 1. The summed E-state index contributed by atoms with van der Waals surface area (Å²) >= 11 is 0. The largest absolute Gasteiger partial charge is 0.481 e. The summed E-state index contributed by atoms with van der Waals surface area (Å²) in [6, 6.07) is 13.4. The molecule has 0 spiro atoms. The Bertz CT molecular complexity index is 710. The summed E-state index contributed by atoms with van der Waals surface area (Å²) in [5, 5.41) is 1.08. The second-order valence-corrected chi connectivity index (χ2v) is 4.98. The summed E-state index contributed by atoms with van der Waals surface area (Å²) in [5.41, 5.74) is 7.07. The zero-order valence-electron chi connectivity index (χ0n) is 11.9. The van der Waals surface area contributed by atoms with Crippen molar-refractivity contribution >= 4 is 10.9 Å². The molecule has 2 aromatic heterocycles. The van der Waals surface area contributed by atoms with E-state index in [1.165, 1.54) is 0 Å². The Morgan fingerprint density at radius 1 is 1.24 bits per heavy atom. The van der Waals surface area contributed by atoms with Gasteiger partial charge in [-0.15, -0.1) is 0 Å². The number of benzene rings is 1. The zero-order chi connectivity index (χ0) is 14.7. The first-order chi connectivity index (χ1) is 10.3. The molecule has 0 saturated heterocycles. The van der Waals surface area contributed by atoms with E-state index in [0.717, 1.165) is 28.8 Å². The highest BCUT2D eigenvalue weighted by Gasteiger charge is 2.23. The Balaban J connectivity index is 1.90.